The summed E-state index contributed by atoms with van der Waals surface area (Å²) in [7, 11) is -16.5. The van der Waals surface area contributed by atoms with Crippen LogP contribution in [0.3, 0.4) is 0 Å². The molecule has 0 saturated heterocycles. The lowest BCUT2D eigenvalue weighted by Gasteiger charge is -2.29. The Balaban J connectivity index is 1.68. The fraction of sp³-hybridized carbons (Fsp3) is 0.476. The lowest BCUT2D eigenvalue weighted by Crippen LogP contribution is -2.46. The molecule has 3 aromatic rings. The third-order valence-electron chi connectivity index (χ3n) is 5.92. The SMILES string of the molecule is CC(C)(COP(=O)(O)OP(=O)(O)OCc1oc(-n2cnc3c(N)ncnc32)c(O)c1OP(=O)(O)O)[C@@H](O)C(=O)NCCC(=O)NCCS. The number of aromatic hydroxyl groups is 1. The third-order valence-corrected chi connectivity index (χ3v) is 9.13. The van der Waals surface area contributed by atoms with Gasteiger partial charge in [0.15, 0.2) is 22.7 Å². The minimum absolute atomic E-state index is 0.0383. The quantitative estimate of drug-likeness (QED) is 0.0595. The monoisotopic (exact) mass is 763 g/mol. The molecule has 2 amide bonds. The van der Waals surface area contributed by atoms with Crippen molar-refractivity contribution in [1.82, 2.24) is 30.2 Å². The fourth-order valence-electron chi connectivity index (χ4n) is 3.59. The van der Waals surface area contributed by atoms with Gasteiger partial charge in [0.2, 0.25) is 23.3 Å². The summed E-state index contributed by atoms with van der Waals surface area (Å²) >= 11 is 3.95. The van der Waals surface area contributed by atoms with E-state index in [1.54, 1.807) is 0 Å². The van der Waals surface area contributed by atoms with Gasteiger partial charge in [-0.25, -0.2) is 33.2 Å². The number of aromatic nitrogens is 4. The number of nitrogens with two attached hydrogens (primary N) is 1. The highest BCUT2D eigenvalue weighted by molar-refractivity contribution is 7.80. The van der Waals surface area contributed by atoms with Gasteiger partial charge < -0.3 is 45.3 Å². The Hall–Kier alpha value is -3.11. The number of nitrogen functional groups attached to an aromatic ring is 1. The van der Waals surface area contributed by atoms with Gasteiger partial charge in [0.1, 0.15) is 25.4 Å². The van der Waals surface area contributed by atoms with E-state index >= 15 is 0 Å². The predicted octanol–water partition coefficient (Wildman–Crippen LogP) is -0.142. The summed E-state index contributed by atoms with van der Waals surface area (Å²) in [6.45, 7) is 0.513. The number of fused-ring (bicyclic) bond motifs is 1. The number of hydrogen-bond acceptors (Lipinski definition) is 17. The molecule has 0 spiro atoms. The molecule has 3 rings (SSSR count). The van der Waals surface area contributed by atoms with Crippen LogP contribution in [0.25, 0.3) is 17.0 Å². The van der Waals surface area contributed by atoms with Gasteiger partial charge in [-0.1, -0.05) is 13.8 Å². The number of thiol groups is 1. The van der Waals surface area contributed by atoms with Crippen LogP contribution in [-0.2, 0) is 43.2 Å². The number of nitrogens with one attached hydrogen (secondary N) is 2. The van der Waals surface area contributed by atoms with E-state index in [0.717, 1.165) is 17.2 Å². The molecule has 0 aliphatic carbocycles. The highest BCUT2D eigenvalue weighted by atomic mass is 32.1. The van der Waals surface area contributed by atoms with Crippen molar-refractivity contribution >= 4 is 64.9 Å². The summed E-state index contributed by atoms with van der Waals surface area (Å²) in [6, 6.07) is 0. The Bertz CT molecular complexity index is 1780. The van der Waals surface area contributed by atoms with Gasteiger partial charge in [-0.15, -0.1) is 0 Å². The molecular formula is C21H32N7O16P3S. The van der Waals surface area contributed by atoms with Crippen molar-refractivity contribution in [3.05, 3.63) is 18.4 Å². The first-order chi connectivity index (χ1) is 22.2. The van der Waals surface area contributed by atoms with E-state index in [9.17, 15) is 53.1 Å². The molecule has 0 fully saturated rings. The maximum absolute atomic E-state index is 12.5. The minimum Gasteiger partial charge on any atom is -0.500 e. The standard InChI is InChI=1S/C21H32N7O16P3S/c1-21(2,16(31)19(32)24-4-3-12(29)23-5-6-48)8-41-47(38,39)44-46(36,37)40-7-11-15(43-45(33,34)35)14(30)20(42-11)28-10-27-13-17(22)25-9-26-18(13)28/h9-10,16,30-31,48H,3-8H2,1-2H3,(H,23,29)(H,24,32)(H,36,37)(H,38,39)(H2,22,25,26)(H2,33,34,35)/t16-/m0/s1. The molecule has 0 aliphatic rings. The van der Waals surface area contributed by atoms with Gasteiger partial charge in [-0.05, 0) is 0 Å². The van der Waals surface area contributed by atoms with Gasteiger partial charge in [0.25, 0.3) is 5.88 Å². The normalized spacial score (nSPS) is 15.4. The number of carbonyl (C=O) groups excluding carboxylic acids is 2. The van der Waals surface area contributed by atoms with Crippen molar-refractivity contribution in [2.24, 2.45) is 5.41 Å². The van der Waals surface area contributed by atoms with Gasteiger partial charge in [-0.3, -0.25) is 28.4 Å². The predicted molar refractivity (Wildman–Crippen MR) is 163 cm³/mol. The van der Waals surface area contributed by atoms with E-state index in [4.69, 9.17) is 14.7 Å². The van der Waals surface area contributed by atoms with Crippen molar-refractivity contribution in [2.45, 2.75) is 33.0 Å². The Morgan fingerprint density at radius 1 is 1.08 bits per heavy atom. The van der Waals surface area contributed by atoms with Crippen LogP contribution in [0.2, 0.25) is 0 Å². The largest absolute Gasteiger partial charge is 0.525 e. The Morgan fingerprint density at radius 2 is 1.75 bits per heavy atom. The summed E-state index contributed by atoms with van der Waals surface area (Å²) in [6.07, 6.45) is 0.115. The second-order valence-corrected chi connectivity index (χ2v) is 14.9. The summed E-state index contributed by atoms with van der Waals surface area (Å²) in [5, 5.41) is 25.9. The van der Waals surface area contributed by atoms with Crippen molar-refractivity contribution in [3.8, 4) is 17.4 Å². The first kappa shape index (κ1) is 39.3. The first-order valence-corrected chi connectivity index (χ1v) is 18.3. The highest BCUT2D eigenvalue weighted by Gasteiger charge is 2.41. The average Bonchev–Trinajstić information content (AvgIpc) is 3.54. The number of carbonyl (C=O) groups is 2. The molecule has 23 nitrogen and oxygen atoms in total. The van der Waals surface area contributed by atoms with Crippen LogP contribution in [0.15, 0.2) is 17.1 Å². The molecule has 48 heavy (non-hydrogen) atoms. The second kappa shape index (κ2) is 15.6. The van der Waals surface area contributed by atoms with Crippen LogP contribution in [0.4, 0.5) is 5.82 Å². The molecule has 0 radical (unpaired) electrons. The lowest BCUT2D eigenvalue weighted by atomic mass is 9.87. The number of amides is 2. The van der Waals surface area contributed by atoms with Crippen LogP contribution in [0.1, 0.15) is 26.0 Å². The van der Waals surface area contributed by atoms with Gasteiger partial charge in [0, 0.05) is 30.7 Å². The zero-order valence-electron chi connectivity index (χ0n) is 24.9. The van der Waals surface area contributed by atoms with Crippen molar-refractivity contribution in [3.63, 3.8) is 0 Å². The zero-order chi connectivity index (χ0) is 36.1. The molecule has 268 valence electrons. The van der Waals surface area contributed by atoms with Gasteiger partial charge >= 0.3 is 23.5 Å². The van der Waals surface area contributed by atoms with E-state index in [1.807, 2.05) is 0 Å². The summed E-state index contributed by atoms with van der Waals surface area (Å²) in [4.78, 5) is 74.3. The average molecular weight is 764 g/mol. The van der Waals surface area contributed by atoms with Crippen LogP contribution >= 0.6 is 36.1 Å². The molecule has 0 aliphatic heterocycles. The smallest absolute Gasteiger partial charge is 0.500 e. The molecule has 0 aromatic carbocycles. The van der Waals surface area contributed by atoms with Gasteiger partial charge in [0.05, 0.1) is 6.61 Å². The molecule has 10 N–H and O–H groups in total. The number of aliphatic hydroxyl groups is 1. The van der Waals surface area contributed by atoms with Crippen LogP contribution < -0.4 is 20.9 Å². The van der Waals surface area contributed by atoms with Crippen LogP contribution in [0.5, 0.6) is 11.5 Å². The summed E-state index contributed by atoms with van der Waals surface area (Å²) in [5.74, 6) is -4.55. The van der Waals surface area contributed by atoms with E-state index in [0.29, 0.717) is 12.3 Å². The van der Waals surface area contributed by atoms with Crippen molar-refractivity contribution < 1.29 is 75.4 Å². The minimum atomic E-state index is -5.59. The molecule has 0 bridgehead atoms. The van der Waals surface area contributed by atoms with E-state index < -0.39 is 77.3 Å². The molecule has 3 heterocycles. The maximum Gasteiger partial charge on any atom is 0.525 e. The zero-order valence-corrected chi connectivity index (χ0v) is 28.5. The van der Waals surface area contributed by atoms with Crippen LogP contribution in [0, 0.1) is 5.41 Å². The van der Waals surface area contributed by atoms with Crippen molar-refractivity contribution in [2.75, 3.05) is 31.2 Å². The molecule has 3 aromatic heterocycles. The number of phosphoric ester groups is 3. The fourth-order valence-corrected chi connectivity index (χ4v) is 6.33. The molecule has 0 saturated carbocycles. The van der Waals surface area contributed by atoms with E-state index in [2.05, 4.69) is 51.6 Å². The molecule has 2 unspecified atom stereocenters. The van der Waals surface area contributed by atoms with Gasteiger partial charge in [-0.2, -0.15) is 16.9 Å². The Kier molecular flexibility index (Phi) is 12.8. The number of imidazole rings is 1. The number of hydrogen-bond donors (Lipinski definition) is 10. The van der Waals surface area contributed by atoms with Crippen molar-refractivity contribution in [1.29, 1.82) is 0 Å². The summed E-state index contributed by atoms with van der Waals surface area (Å²) < 4.78 is 60.9. The number of nitrogens with zero attached hydrogens (tertiary/aromatic N) is 4. The number of phosphoric acid groups is 3. The highest BCUT2D eigenvalue weighted by Crippen LogP contribution is 2.61. The van der Waals surface area contributed by atoms with E-state index in [1.165, 1.54) is 13.8 Å². The maximum atomic E-state index is 12.5. The third kappa shape index (κ3) is 10.7. The molecular weight excluding hydrogens is 731 g/mol. The first-order valence-electron chi connectivity index (χ1n) is 13.2. The summed E-state index contributed by atoms with van der Waals surface area (Å²) in [5.41, 5.74) is 4.12. The molecule has 3 atom stereocenters. The molecule has 27 heteroatoms. The number of aliphatic hydroxyl groups excluding tert-OH is 1. The number of furan rings is 1. The number of rotatable bonds is 18. The Morgan fingerprint density at radius 3 is 2.40 bits per heavy atom. The second-order valence-electron chi connectivity index (χ2n) is 10.2. The van der Waals surface area contributed by atoms with Crippen LogP contribution in [-0.4, -0.2) is 92.7 Å². The number of anilines is 1. The topological polar surface area (TPSA) is 350 Å². The Labute approximate surface area is 275 Å². The van der Waals surface area contributed by atoms with E-state index in [-0.39, 0.29) is 35.9 Å². The lowest BCUT2D eigenvalue weighted by molar-refractivity contribution is -0.137.